The number of rotatable bonds is 4. The summed E-state index contributed by atoms with van der Waals surface area (Å²) < 4.78 is 0. The Morgan fingerprint density at radius 1 is 1.50 bits per heavy atom. The summed E-state index contributed by atoms with van der Waals surface area (Å²) in [6.07, 6.45) is 1.19. The van der Waals surface area contributed by atoms with Gasteiger partial charge >= 0.3 is 0 Å². The van der Waals surface area contributed by atoms with E-state index in [0.29, 0.717) is 0 Å². The van der Waals surface area contributed by atoms with Crippen molar-refractivity contribution in [2.75, 3.05) is 5.32 Å². The van der Waals surface area contributed by atoms with Crippen LogP contribution in [0.2, 0.25) is 0 Å². The lowest BCUT2D eigenvalue weighted by Crippen LogP contribution is -2.26. The molecular formula is C9H11N3O2. The molecule has 14 heavy (non-hydrogen) atoms. The second-order valence-electron chi connectivity index (χ2n) is 2.71. The molecule has 0 saturated heterocycles. The number of hydrogen-bond donors (Lipinski definition) is 2. The molecule has 0 heterocycles. The van der Waals surface area contributed by atoms with Crippen molar-refractivity contribution in [3.63, 3.8) is 0 Å². The number of nitro benzene ring substituents is 1. The summed E-state index contributed by atoms with van der Waals surface area (Å²) >= 11 is 0. The molecule has 0 radical (unpaired) electrons. The second-order valence-corrected chi connectivity index (χ2v) is 2.71. The van der Waals surface area contributed by atoms with Crippen LogP contribution in [0.1, 0.15) is 0 Å². The van der Waals surface area contributed by atoms with Gasteiger partial charge in [-0.1, -0.05) is 12.7 Å². The minimum absolute atomic E-state index is 0.0581. The zero-order chi connectivity index (χ0) is 10.6. The number of non-ortho nitro benzene ring substituents is 1. The smallest absolute Gasteiger partial charge is 0.269 e. The normalized spacial score (nSPS) is 11.8. The average molecular weight is 193 g/mol. The highest BCUT2D eigenvalue weighted by atomic mass is 16.6. The summed E-state index contributed by atoms with van der Waals surface area (Å²) in [5.41, 5.74) is 6.32. The summed E-state index contributed by atoms with van der Waals surface area (Å²) in [5, 5.41) is 13.2. The Bertz CT molecular complexity index is 334. The van der Waals surface area contributed by atoms with Crippen LogP contribution in [0, 0.1) is 10.1 Å². The van der Waals surface area contributed by atoms with Gasteiger partial charge in [0.05, 0.1) is 11.1 Å². The first-order valence-electron chi connectivity index (χ1n) is 4.02. The Kier molecular flexibility index (Phi) is 3.19. The van der Waals surface area contributed by atoms with Gasteiger partial charge in [-0.05, 0) is 12.1 Å². The van der Waals surface area contributed by atoms with Gasteiger partial charge in [0, 0.05) is 17.8 Å². The van der Waals surface area contributed by atoms with E-state index in [9.17, 15) is 10.1 Å². The molecule has 0 saturated carbocycles. The SMILES string of the molecule is C=CC(N)Nc1ccc([N+](=O)[O-])cc1. The molecule has 0 aliphatic rings. The third-order valence-electron chi connectivity index (χ3n) is 1.67. The number of anilines is 1. The highest BCUT2D eigenvalue weighted by molar-refractivity contribution is 5.49. The molecule has 1 unspecified atom stereocenters. The fourth-order valence-corrected chi connectivity index (χ4v) is 0.931. The van der Waals surface area contributed by atoms with Gasteiger partial charge in [0.15, 0.2) is 0 Å². The molecule has 0 fully saturated rings. The molecule has 0 aliphatic heterocycles. The molecular weight excluding hydrogens is 182 g/mol. The van der Waals surface area contributed by atoms with Gasteiger partial charge in [-0.2, -0.15) is 0 Å². The molecule has 1 atom stereocenters. The van der Waals surface area contributed by atoms with Crippen molar-refractivity contribution < 1.29 is 4.92 Å². The van der Waals surface area contributed by atoms with Gasteiger partial charge < -0.3 is 11.1 Å². The van der Waals surface area contributed by atoms with Gasteiger partial charge in [-0.25, -0.2) is 0 Å². The van der Waals surface area contributed by atoms with Crippen molar-refractivity contribution in [2.24, 2.45) is 5.73 Å². The van der Waals surface area contributed by atoms with Crippen LogP contribution in [0.25, 0.3) is 0 Å². The molecule has 1 aromatic carbocycles. The summed E-state index contributed by atoms with van der Waals surface area (Å²) in [7, 11) is 0. The number of nitrogens with two attached hydrogens (primary N) is 1. The predicted octanol–water partition coefficient (Wildman–Crippen LogP) is 1.48. The molecule has 0 spiro atoms. The lowest BCUT2D eigenvalue weighted by molar-refractivity contribution is -0.384. The van der Waals surface area contributed by atoms with E-state index in [1.807, 2.05) is 0 Å². The van der Waals surface area contributed by atoms with E-state index in [-0.39, 0.29) is 11.9 Å². The van der Waals surface area contributed by atoms with E-state index in [2.05, 4.69) is 11.9 Å². The van der Waals surface area contributed by atoms with Crippen LogP contribution in [0.5, 0.6) is 0 Å². The van der Waals surface area contributed by atoms with Crippen LogP contribution in [0.4, 0.5) is 11.4 Å². The van der Waals surface area contributed by atoms with Crippen LogP contribution in [0.15, 0.2) is 36.9 Å². The van der Waals surface area contributed by atoms with E-state index < -0.39 is 4.92 Å². The van der Waals surface area contributed by atoms with E-state index in [0.717, 1.165) is 5.69 Å². The van der Waals surface area contributed by atoms with Crippen LogP contribution < -0.4 is 11.1 Å². The van der Waals surface area contributed by atoms with Gasteiger partial charge in [-0.3, -0.25) is 10.1 Å². The average Bonchev–Trinajstić information content (AvgIpc) is 2.18. The van der Waals surface area contributed by atoms with Crippen molar-refractivity contribution in [1.29, 1.82) is 0 Å². The largest absolute Gasteiger partial charge is 0.367 e. The third kappa shape index (κ3) is 2.56. The maximum absolute atomic E-state index is 10.3. The fraction of sp³-hybridized carbons (Fsp3) is 0.111. The first-order valence-corrected chi connectivity index (χ1v) is 4.02. The Hall–Kier alpha value is -1.88. The van der Waals surface area contributed by atoms with Crippen LogP contribution in [-0.2, 0) is 0 Å². The maximum Gasteiger partial charge on any atom is 0.269 e. The van der Waals surface area contributed by atoms with Gasteiger partial charge in [0.2, 0.25) is 0 Å². The standard InChI is InChI=1S/C9H11N3O2/c1-2-9(10)11-7-3-5-8(6-4-7)12(13)14/h2-6,9,11H,1,10H2. The first kappa shape index (κ1) is 10.2. The zero-order valence-electron chi connectivity index (χ0n) is 7.51. The van der Waals surface area contributed by atoms with Crippen molar-refractivity contribution in [3.8, 4) is 0 Å². The lowest BCUT2D eigenvalue weighted by Gasteiger charge is -2.09. The van der Waals surface area contributed by atoms with E-state index in [1.165, 1.54) is 12.1 Å². The lowest BCUT2D eigenvalue weighted by atomic mass is 10.3. The van der Waals surface area contributed by atoms with Gasteiger partial charge in [0.1, 0.15) is 0 Å². The Balaban J connectivity index is 2.73. The number of nitrogens with one attached hydrogen (secondary N) is 1. The maximum atomic E-state index is 10.3. The highest BCUT2D eigenvalue weighted by Crippen LogP contribution is 2.15. The Morgan fingerprint density at radius 3 is 2.50 bits per heavy atom. The second kappa shape index (κ2) is 4.38. The molecule has 1 rings (SSSR count). The van der Waals surface area contributed by atoms with E-state index in [4.69, 9.17) is 5.73 Å². The molecule has 0 bridgehead atoms. The minimum atomic E-state index is -0.447. The third-order valence-corrected chi connectivity index (χ3v) is 1.67. The van der Waals surface area contributed by atoms with Gasteiger partial charge in [0.25, 0.3) is 5.69 Å². The van der Waals surface area contributed by atoms with Crippen molar-refractivity contribution >= 4 is 11.4 Å². The van der Waals surface area contributed by atoms with E-state index in [1.54, 1.807) is 18.2 Å². The van der Waals surface area contributed by atoms with Crippen LogP contribution >= 0.6 is 0 Å². The first-order chi connectivity index (χ1) is 6.63. The van der Waals surface area contributed by atoms with Crippen LogP contribution in [0.3, 0.4) is 0 Å². The van der Waals surface area contributed by atoms with Crippen LogP contribution in [-0.4, -0.2) is 11.1 Å². The molecule has 5 heteroatoms. The van der Waals surface area contributed by atoms with Crippen molar-refractivity contribution in [1.82, 2.24) is 0 Å². The minimum Gasteiger partial charge on any atom is -0.367 e. The topological polar surface area (TPSA) is 81.2 Å². The van der Waals surface area contributed by atoms with Crippen molar-refractivity contribution in [2.45, 2.75) is 6.17 Å². The monoisotopic (exact) mass is 193 g/mol. The number of hydrogen-bond acceptors (Lipinski definition) is 4. The predicted molar refractivity (Wildman–Crippen MR) is 54.9 cm³/mol. The Labute approximate surface area is 81.4 Å². The molecule has 3 N–H and O–H groups in total. The molecule has 0 amide bonds. The summed E-state index contributed by atoms with van der Waals surface area (Å²) in [4.78, 5) is 9.89. The summed E-state index contributed by atoms with van der Waals surface area (Å²) in [6.45, 7) is 3.51. The van der Waals surface area contributed by atoms with E-state index >= 15 is 0 Å². The summed E-state index contributed by atoms with van der Waals surface area (Å²) in [5.74, 6) is 0. The molecule has 1 aromatic rings. The quantitative estimate of drug-likeness (QED) is 0.328. The summed E-state index contributed by atoms with van der Waals surface area (Å²) in [6, 6.07) is 6.03. The van der Waals surface area contributed by atoms with Gasteiger partial charge in [-0.15, -0.1) is 0 Å². The number of nitro groups is 1. The molecule has 5 nitrogen and oxygen atoms in total. The molecule has 0 aliphatic carbocycles. The molecule has 74 valence electrons. The molecule has 0 aromatic heterocycles. The Morgan fingerprint density at radius 2 is 2.07 bits per heavy atom. The highest BCUT2D eigenvalue weighted by Gasteiger charge is 2.04. The number of benzene rings is 1. The zero-order valence-corrected chi connectivity index (χ0v) is 7.51. The van der Waals surface area contributed by atoms with Crippen molar-refractivity contribution in [3.05, 3.63) is 47.0 Å². The number of nitrogens with zero attached hydrogens (tertiary/aromatic N) is 1. The fourth-order valence-electron chi connectivity index (χ4n) is 0.931.